The Morgan fingerprint density at radius 1 is 1.09 bits per heavy atom. The highest BCUT2D eigenvalue weighted by molar-refractivity contribution is 7.98. The molecule has 0 unspecified atom stereocenters. The number of hydrogen-bond donors (Lipinski definition) is 1. The maximum absolute atomic E-state index is 12.2. The van der Waals surface area contributed by atoms with E-state index in [9.17, 15) is 4.79 Å². The fraction of sp³-hybridized carbons (Fsp3) is 0.278. The van der Waals surface area contributed by atoms with Crippen molar-refractivity contribution >= 4 is 17.7 Å². The third kappa shape index (κ3) is 4.61. The second-order valence-corrected chi connectivity index (χ2v) is 5.70. The van der Waals surface area contributed by atoms with Crippen LogP contribution in [0.4, 0.5) is 0 Å². The third-order valence-electron chi connectivity index (χ3n) is 3.37. The first-order valence-electron chi connectivity index (χ1n) is 7.31. The summed E-state index contributed by atoms with van der Waals surface area (Å²) in [6.45, 7) is 3.74. The van der Waals surface area contributed by atoms with Crippen molar-refractivity contribution in [2.45, 2.75) is 25.0 Å². The number of amides is 1. The van der Waals surface area contributed by atoms with Crippen LogP contribution in [0.15, 0.2) is 53.4 Å². The zero-order valence-electron chi connectivity index (χ0n) is 13.0. The molecule has 0 atom stereocenters. The van der Waals surface area contributed by atoms with Crippen LogP contribution in [0.2, 0.25) is 0 Å². The van der Waals surface area contributed by atoms with Gasteiger partial charge in [-0.05, 0) is 48.6 Å². The highest BCUT2D eigenvalue weighted by Crippen LogP contribution is 2.15. The van der Waals surface area contributed by atoms with Gasteiger partial charge in [-0.2, -0.15) is 0 Å². The molecule has 0 aliphatic heterocycles. The number of hydrogen-bond acceptors (Lipinski definition) is 3. The maximum Gasteiger partial charge on any atom is 0.251 e. The normalized spacial score (nSPS) is 10.5. The molecule has 0 fully saturated rings. The molecule has 116 valence electrons. The van der Waals surface area contributed by atoms with E-state index in [4.69, 9.17) is 4.74 Å². The van der Waals surface area contributed by atoms with E-state index in [2.05, 4.69) is 5.32 Å². The van der Waals surface area contributed by atoms with E-state index >= 15 is 0 Å². The summed E-state index contributed by atoms with van der Waals surface area (Å²) >= 11 is 1.66. The standard InChI is InChI=1S/C18H21NO2S/c1-3-21-13-16-7-5-4-6-15(16)12-19-18(20)14-8-10-17(22-2)11-9-14/h4-11H,3,12-13H2,1-2H3,(H,19,20). The smallest absolute Gasteiger partial charge is 0.251 e. The molecule has 0 radical (unpaired) electrons. The Balaban J connectivity index is 1.98. The second-order valence-electron chi connectivity index (χ2n) is 4.82. The first kappa shape index (κ1) is 16.6. The minimum absolute atomic E-state index is 0.0566. The molecule has 1 amide bonds. The van der Waals surface area contributed by atoms with Gasteiger partial charge in [0.05, 0.1) is 6.61 Å². The van der Waals surface area contributed by atoms with Crippen molar-refractivity contribution in [1.29, 1.82) is 0 Å². The van der Waals surface area contributed by atoms with Crippen LogP contribution in [0.5, 0.6) is 0 Å². The van der Waals surface area contributed by atoms with Crippen molar-refractivity contribution in [3.05, 3.63) is 65.2 Å². The van der Waals surface area contributed by atoms with Crippen molar-refractivity contribution in [3.63, 3.8) is 0 Å². The van der Waals surface area contributed by atoms with Crippen molar-refractivity contribution < 1.29 is 9.53 Å². The van der Waals surface area contributed by atoms with Crippen LogP contribution in [0, 0.1) is 0 Å². The number of benzene rings is 2. The van der Waals surface area contributed by atoms with Gasteiger partial charge in [0.25, 0.3) is 5.91 Å². The molecule has 1 N–H and O–H groups in total. The number of rotatable bonds is 7. The molecule has 0 saturated carbocycles. The molecule has 4 heteroatoms. The molecule has 0 aromatic heterocycles. The van der Waals surface area contributed by atoms with Crippen LogP contribution in [-0.2, 0) is 17.9 Å². The van der Waals surface area contributed by atoms with E-state index in [0.29, 0.717) is 25.3 Å². The molecule has 2 aromatic carbocycles. The lowest BCUT2D eigenvalue weighted by Crippen LogP contribution is -2.23. The zero-order chi connectivity index (χ0) is 15.8. The van der Waals surface area contributed by atoms with Gasteiger partial charge in [-0.1, -0.05) is 24.3 Å². The molecular weight excluding hydrogens is 294 g/mol. The quantitative estimate of drug-likeness (QED) is 0.788. The Hall–Kier alpha value is -1.78. The number of nitrogens with one attached hydrogen (secondary N) is 1. The van der Waals surface area contributed by atoms with Crippen LogP contribution in [0.3, 0.4) is 0 Å². The molecule has 2 aromatic rings. The van der Waals surface area contributed by atoms with Gasteiger partial charge in [0.2, 0.25) is 0 Å². The van der Waals surface area contributed by atoms with Gasteiger partial charge >= 0.3 is 0 Å². The predicted molar refractivity (Wildman–Crippen MR) is 91.2 cm³/mol. The molecule has 2 rings (SSSR count). The molecule has 0 aliphatic carbocycles. The summed E-state index contributed by atoms with van der Waals surface area (Å²) in [5.41, 5.74) is 2.88. The van der Waals surface area contributed by atoms with Crippen molar-refractivity contribution in [2.24, 2.45) is 0 Å². The first-order chi connectivity index (χ1) is 10.7. The summed E-state index contributed by atoms with van der Waals surface area (Å²) in [5.74, 6) is -0.0566. The second kappa shape index (κ2) is 8.61. The zero-order valence-corrected chi connectivity index (χ0v) is 13.8. The van der Waals surface area contributed by atoms with E-state index in [0.717, 1.165) is 16.0 Å². The molecule has 0 bridgehead atoms. The van der Waals surface area contributed by atoms with E-state index in [1.807, 2.05) is 61.7 Å². The molecule has 0 spiro atoms. The molecule has 0 saturated heterocycles. The van der Waals surface area contributed by atoms with Crippen LogP contribution in [-0.4, -0.2) is 18.8 Å². The van der Waals surface area contributed by atoms with Gasteiger partial charge in [0.1, 0.15) is 0 Å². The van der Waals surface area contributed by atoms with Crippen LogP contribution >= 0.6 is 11.8 Å². The molecular formula is C18H21NO2S. The number of carbonyl (C=O) groups is 1. The predicted octanol–water partition coefficient (Wildman–Crippen LogP) is 3.88. The minimum Gasteiger partial charge on any atom is -0.377 e. The summed E-state index contributed by atoms with van der Waals surface area (Å²) in [6.07, 6.45) is 2.02. The number of carbonyl (C=O) groups excluding carboxylic acids is 1. The summed E-state index contributed by atoms with van der Waals surface area (Å²) in [6, 6.07) is 15.6. The van der Waals surface area contributed by atoms with Crippen LogP contribution in [0.1, 0.15) is 28.4 Å². The summed E-state index contributed by atoms with van der Waals surface area (Å²) in [4.78, 5) is 13.3. The number of ether oxygens (including phenoxy) is 1. The lowest BCUT2D eigenvalue weighted by Gasteiger charge is -2.11. The van der Waals surface area contributed by atoms with Crippen molar-refractivity contribution in [1.82, 2.24) is 5.32 Å². The van der Waals surface area contributed by atoms with Crippen LogP contribution < -0.4 is 5.32 Å². The minimum atomic E-state index is -0.0566. The van der Waals surface area contributed by atoms with Crippen molar-refractivity contribution in [3.8, 4) is 0 Å². The SMILES string of the molecule is CCOCc1ccccc1CNC(=O)c1ccc(SC)cc1. The third-order valence-corrected chi connectivity index (χ3v) is 4.12. The fourth-order valence-electron chi connectivity index (χ4n) is 2.10. The average molecular weight is 315 g/mol. The summed E-state index contributed by atoms with van der Waals surface area (Å²) < 4.78 is 5.46. The Morgan fingerprint density at radius 3 is 2.41 bits per heavy atom. The van der Waals surface area contributed by atoms with E-state index in [1.54, 1.807) is 11.8 Å². The van der Waals surface area contributed by atoms with E-state index < -0.39 is 0 Å². The van der Waals surface area contributed by atoms with Gasteiger partial charge in [-0.3, -0.25) is 4.79 Å². The highest BCUT2D eigenvalue weighted by Gasteiger charge is 2.07. The Bertz CT molecular complexity index is 611. The lowest BCUT2D eigenvalue weighted by molar-refractivity contribution is 0.0949. The Kier molecular flexibility index (Phi) is 6.49. The van der Waals surface area contributed by atoms with Gasteiger partial charge in [0, 0.05) is 23.6 Å². The molecule has 3 nitrogen and oxygen atoms in total. The van der Waals surface area contributed by atoms with E-state index in [-0.39, 0.29) is 5.91 Å². The van der Waals surface area contributed by atoms with Gasteiger partial charge in [0.15, 0.2) is 0 Å². The molecule has 22 heavy (non-hydrogen) atoms. The Morgan fingerprint density at radius 2 is 1.77 bits per heavy atom. The molecule has 0 heterocycles. The maximum atomic E-state index is 12.2. The van der Waals surface area contributed by atoms with E-state index in [1.165, 1.54) is 0 Å². The van der Waals surface area contributed by atoms with Gasteiger partial charge in [-0.25, -0.2) is 0 Å². The largest absolute Gasteiger partial charge is 0.377 e. The van der Waals surface area contributed by atoms with Gasteiger partial charge in [-0.15, -0.1) is 11.8 Å². The van der Waals surface area contributed by atoms with Crippen molar-refractivity contribution in [2.75, 3.05) is 12.9 Å². The number of thioether (sulfide) groups is 1. The van der Waals surface area contributed by atoms with Gasteiger partial charge < -0.3 is 10.1 Å². The summed E-state index contributed by atoms with van der Waals surface area (Å²) in [5, 5.41) is 2.97. The topological polar surface area (TPSA) is 38.3 Å². The summed E-state index contributed by atoms with van der Waals surface area (Å²) in [7, 11) is 0. The first-order valence-corrected chi connectivity index (χ1v) is 8.54. The highest BCUT2D eigenvalue weighted by atomic mass is 32.2. The lowest BCUT2D eigenvalue weighted by atomic mass is 10.1. The Labute approximate surface area is 136 Å². The fourth-order valence-corrected chi connectivity index (χ4v) is 2.51. The van der Waals surface area contributed by atoms with Crippen LogP contribution in [0.25, 0.3) is 0 Å². The average Bonchev–Trinajstić information content (AvgIpc) is 2.58. The molecule has 0 aliphatic rings. The monoisotopic (exact) mass is 315 g/mol.